The highest BCUT2D eigenvalue weighted by Crippen LogP contribution is 2.09. The van der Waals surface area contributed by atoms with E-state index in [2.05, 4.69) is 19.2 Å². The Balaban J connectivity index is 3.45. The van der Waals surface area contributed by atoms with E-state index in [0.29, 0.717) is 0 Å². The van der Waals surface area contributed by atoms with Crippen LogP contribution in [0.15, 0.2) is 0 Å². The molecule has 3 heteroatoms. The summed E-state index contributed by atoms with van der Waals surface area (Å²) in [7, 11) is 0. The van der Waals surface area contributed by atoms with E-state index in [1.54, 1.807) is 0 Å². The monoisotopic (exact) mass is 203 g/mol. The van der Waals surface area contributed by atoms with Crippen molar-refractivity contribution in [2.75, 3.05) is 18.1 Å². The van der Waals surface area contributed by atoms with Crippen molar-refractivity contribution in [1.29, 1.82) is 0 Å². The topological polar surface area (TPSA) is 29.1 Å². The lowest BCUT2D eigenvalue weighted by Crippen LogP contribution is -2.30. The van der Waals surface area contributed by atoms with Crippen molar-refractivity contribution in [3.8, 4) is 0 Å². The van der Waals surface area contributed by atoms with E-state index in [-0.39, 0.29) is 11.8 Å². The zero-order valence-electron chi connectivity index (χ0n) is 8.93. The number of thioether (sulfide) groups is 1. The highest BCUT2D eigenvalue weighted by Gasteiger charge is 2.10. The minimum Gasteiger partial charge on any atom is -0.356 e. The second kappa shape index (κ2) is 8.42. The summed E-state index contributed by atoms with van der Waals surface area (Å²) in [6, 6.07) is 0. The van der Waals surface area contributed by atoms with Crippen LogP contribution in [0, 0.1) is 5.92 Å². The minimum absolute atomic E-state index is 0.156. The van der Waals surface area contributed by atoms with Gasteiger partial charge in [-0.15, -0.1) is 0 Å². The number of carbonyl (C=O) groups excluding carboxylic acids is 1. The van der Waals surface area contributed by atoms with Crippen molar-refractivity contribution in [3.63, 3.8) is 0 Å². The lowest BCUT2D eigenvalue weighted by Gasteiger charge is -2.10. The van der Waals surface area contributed by atoms with Gasteiger partial charge in [-0.05, 0) is 18.6 Å². The molecule has 13 heavy (non-hydrogen) atoms. The lowest BCUT2D eigenvalue weighted by atomic mass is 10.2. The van der Waals surface area contributed by atoms with Crippen LogP contribution < -0.4 is 5.32 Å². The van der Waals surface area contributed by atoms with Crippen LogP contribution in [0.2, 0.25) is 0 Å². The van der Waals surface area contributed by atoms with E-state index in [9.17, 15) is 4.79 Å². The smallest absolute Gasteiger partial charge is 0.223 e. The molecule has 0 aromatic rings. The number of rotatable bonds is 7. The maximum absolute atomic E-state index is 11.4. The molecule has 0 aliphatic heterocycles. The fourth-order valence-electron chi connectivity index (χ4n) is 0.903. The minimum atomic E-state index is 0.156. The highest BCUT2D eigenvalue weighted by molar-refractivity contribution is 7.99. The van der Waals surface area contributed by atoms with Crippen molar-refractivity contribution in [2.45, 2.75) is 33.6 Å². The first-order valence-corrected chi connectivity index (χ1v) is 6.23. The predicted molar refractivity (Wildman–Crippen MR) is 60.1 cm³/mol. The van der Waals surface area contributed by atoms with Gasteiger partial charge in [0.2, 0.25) is 5.91 Å². The van der Waals surface area contributed by atoms with E-state index < -0.39 is 0 Å². The van der Waals surface area contributed by atoms with Gasteiger partial charge in [-0.25, -0.2) is 0 Å². The van der Waals surface area contributed by atoms with Gasteiger partial charge in [-0.1, -0.05) is 20.8 Å². The molecule has 0 bridgehead atoms. The van der Waals surface area contributed by atoms with Crippen LogP contribution in [0.4, 0.5) is 0 Å². The van der Waals surface area contributed by atoms with Crippen LogP contribution >= 0.6 is 11.8 Å². The third-order valence-corrected chi connectivity index (χ3v) is 3.15. The summed E-state index contributed by atoms with van der Waals surface area (Å²) in [5, 5.41) is 2.91. The van der Waals surface area contributed by atoms with Crippen LogP contribution in [-0.4, -0.2) is 24.0 Å². The molecule has 2 nitrogen and oxygen atoms in total. The first kappa shape index (κ1) is 12.8. The van der Waals surface area contributed by atoms with Gasteiger partial charge in [0.1, 0.15) is 0 Å². The predicted octanol–water partition coefficient (Wildman–Crippen LogP) is 2.29. The van der Waals surface area contributed by atoms with Crippen LogP contribution in [0.5, 0.6) is 0 Å². The third kappa shape index (κ3) is 6.94. The Morgan fingerprint density at radius 2 is 2.08 bits per heavy atom. The summed E-state index contributed by atoms with van der Waals surface area (Å²) in [5.74, 6) is 2.46. The molecule has 0 aliphatic rings. The van der Waals surface area contributed by atoms with Crippen LogP contribution in [0.3, 0.4) is 0 Å². The second-order valence-corrected chi connectivity index (χ2v) is 4.42. The molecule has 0 saturated carbocycles. The molecule has 0 heterocycles. The Morgan fingerprint density at radius 3 is 2.62 bits per heavy atom. The van der Waals surface area contributed by atoms with Gasteiger partial charge in [0.05, 0.1) is 0 Å². The standard InChI is InChI=1S/C10H21NOS/c1-4-6-11-10(12)9(3)8-13-7-5-2/h9H,4-8H2,1-3H3,(H,11,12). The first-order chi connectivity index (χ1) is 6.22. The molecule has 0 aromatic carbocycles. The van der Waals surface area contributed by atoms with Crippen molar-refractivity contribution >= 4 is 17.7 Å². The molecule has 1 atom stereocenters. The Bertz CT molecular complexity index is 139. The van der Waals surface area contributed by atoms with Crippen molar-refractivity contribution in [2.24, 2.45) is 5.92 Å². The number of hydrogen-bond acceptors (Lipinski definition) is 2. The summed E-state index contributed by atoms with van der Waals surface area (Å²) >= 11 is 1.86. The average Bonchev–Trinajstić information content (AvgIpc) is 2.14. The van der Waals surface area contributed by atoms with Crippen molar-refractivity contribution < 1.29 is 4.79 Å². The summed E-state index contributed by atoms with van der Waals surface area (Å²) in [4.78, 5) is 11.4. The quantitative estimate of drug-likeness (QED) is 0.643. The maximum Gasteiger partial charge on any atom is 0.223 e. The number of amides is 1. The molecule has 0 saturated heterocycles. The van der Waals surface area contributed by atoms with Gasteiger partial charge in [-0.2, -0.15) is 11.8 Å². The van der Waals surface area contributed by atoms with E-state index in [0.717, 1.165) is 24.5 Å². The Labute approximate surface area is 85.9 Å². The molecule has 0 rings (SSSR count). The van der Waals surface area contributed by atoms with Crippen LogP contribution in [0.1, 0.15) is 33.6 Å². The van der Waals surface area contributed by atoms with Crippen LogP contribution in [-0.2, 0) is 4.79 Å². The van der Waals surface area contributed by atoms with E-state index in [1.807, 2.05) is 18.7 Å². The normalized spacial score (nSPS) is 12.5. The second-order valence-electron chi connectivity index (χ2n) is 3.27. The summed E-state index contributed by atoms with van der Waals surface area (Å²) in [6.45, 7) is 7.03. The number of carbonyl (C=O) groups is 1. The zero-order chi connectivity index (χ0) is 10.1. The van der Waals surface area contributed by atoms with Crippen molar-refractivity contribution in [3.05, 3.63) is 0 Å². The molecule has 0 aliphatic carbocycles. The molecule has 1 unspecified atom stereocenters. The molecule has 1 N–H and O–H groups in total. The molecule has 0 spiro atoms. The Kier molecular flexibility index (Phi) is 8.30. The first-order valence-electron chi connectivity index (χ1n) is 5.07. The number of hydrogen-bond donors (Lipinski definition) is 1. The molecule has 78 valence electrons. The van der Waals surface area contributed by atoms with Gasteiger partial charge in [0, 0.05) is 18.2 Å². The van der Waals surface area contributed by atoms with Gasteiger partial charge in [-0.3, -0.25) is 4.79 Å². The third-order valence-electron chi connectivity index (χ3n) is 1.71. The van der Waals surface area contributed by atoms with E-state index in [1.165, 1.54) is 6.42 Å². The Hall–Kier alpha value is -0.180. The van der Waals surface area contributed by atoms with Gasteiger partial charge >= 0.3 is 0 Å². The fourth-order valence-corrected chi connectivity index (χ4v) is 1.86. The molecule has 0 fully saturated rings. The molecule has 0 radical (unpaired) electrons. The van der Waals surface area contributed by atoms with Gasteiger partial charge in [0.25, 0.3) is 0 Å². The summed E-state index contributed by atoms with van der Waals surface area (Å²) < 4.78 is 0. The van der Waals surface area contributed by atoms with Gasteiger partial charge < -0.3 is 5.32 Å². The summed E-state index contributed by atoms with van der Waals surface area (Å²) in [5.41, 5.74) is 0. The number of nitrogens with one attached hydrogen (secondary N) is 1. The lowest BCUT2D eigenvalue weighted by molar-refractivity contribution is -0.123. The largest absolute Gasteiger partial charge is 0.356 e. The molecule has 1 amide bonds. The molecule has 0 aromatic heterocycles. The zero-order valence-corrected chi connectivity index (χ0v) is 9.75. The molecular formula is C10H21NOS. The fraction of sp³-hybridized carbons (Fsp3) is 0.900. The maximum atomic E-state index is 11.4. The van der Waals surface area contributed by atoms with E-state index in [4.69, 9.17) is 0 Å². The van der Waals surface area contributed by atoms with Gasteiger partial charge in [0.15, 0.2) is 0 Å². The molecular weight excluding hydrogens is 182 g/mol. The Morgan fingerprint density at radius 1 is 1.38 bits per heavy atom. The van der Waals surface area contributed by atoms with E-state index >= 15 is 0 Å². The SMILES string of the molecule is CCCNC(=O)C(C)CSCCC. The average molecular weight is 203 g/mol. The van der Waals surface area contributed by atoms with Crippen LogP contribution in [0.25, 0.3) is 0 Å². The van der Waals surface area contributed by atoms with Crippen molar-refractivity contribution in [1.82, 2.24) is 5.32 Å². The summed E-state index contributed by atoms with van der Waals surface area (Å²) in [6.07, 6.45) is 2.20. The highest BCUT2D eigenvalue weighted by atomic mass is 32.2.